The molecule has 0 unspecified atom stereocenters. The first-order valence-electron chi connectivity index (χ1n) is 7.68. The van der Waals surface area contributed by atoms with Crippen LogP contribution in [-0.2, 0) is 19.5 Å². The predicted octanol–water partition coefficient (Wildman–Crippen LogP) is 1.72. The van der Waals surface area contributed by atoms with Gasteiger partial charge in [0.1, 0.15) is 5.69 Å². The average Bonchev–Trinajstić information content (AvgIpc) is 3.08. The number of pyridine rings is 1. The highest BCUT2D eigenvalue weighted by Gasteiger charge is 2.21. The summed E-state index contributed by atoms with van der Waals surface area (Å²) >= 11 is 0. The van der Waals surface area contributed by atoms with Crippen molar-refractivity contribution < 1.29 is 0 Å². The summed E-state index contributed by atoms with van der Waals surface area (Å²) in [4.78, 5) is 29.6. The number of nitrogens with zero attached hydrogens (tertiary/aromatic N) is 3. The second-order valence-electron chi connectivity index (χ2n) is 5.71. The van der Waals surface area contributed by atoms with Crippen molar-refractivity contribution in [3.05, 3.63) is 70.0 Å². The smallest absolute Gasteiger partial charge is 0.254 e. The maximum absolute atomic E-state index is 12.3. The topological polar surface area (TPSA) is 77.7 Å². The molecule has 6 nitrogen and oxygen atoms in total. The second kappa shape index (κ2) is 5.81. The fraction of sp³-hybridized carbons (Fsp3) is 0.235. The zero-order valence-electron chi connectivity index (χ0n) is 12.6. The second-order valence-corrected chi connectivity index (χ2v) is 5.71. The molecule has 0 saturated carbocycles. The number of H-pyrrole nitrogens is 2. The van der Waals surface area contributed by atoms with E-state index in [1.165, 1.54) is 5.69 Å². The van der Waals surface area contributed by atoms with Crippen LogP contribution in [0.2, 0.25) is 0 Å². The van der Waals surface area contributed by atoms with Gasteiger partial charge in [-0.3, -0.25) is 14.7 Å². The third-order valence-corrected chi connectivity index (χ3v) is 4.12. The lowest BCUT2D eigenvalue weighted by molar-refractivity contribution is 0.238. The number of aromatic nitrogens is 4. The number of nitrogens with one attached hydrogen (secondary N) is 2. The first-order valence-corrected chi connectivity index (χ1v) is 7.68. The summed E-state index contributed by atoms with van der Waals surface area (Å²) in [6, 6.07) is 9.65. The molecule has 4 rings (SSSR count). The van der Waals surface area contributed by atoms with E-state index < -0.39 is 0 Å². The third-order valence-electron chi connectivity index (χ3n) is 4.12. The van der Waals surface area contributed by atoms with E-state index in [2.05, 4.69) is 30.9 Å². The number of hydrogen-bond donors (Lipinski definition) is 2. The molecule has 1 aliphatic heterocycles. The highest BCUT2D eigenvalue weighted by Crippen LogP contribution is 2.18. The van der Waals surface area contributed by atoms with Gasteiger partial charge in [0.15, 0.2) is 5.82 Å². The molecule has 0 fully saturated rings. The molecule has 0 aliphatic carbocycles. The van der Waals surface area contributed by atoms with Gasteiger partial charge in [0, 0.05) is 43.3 Å². The van der Waals surface area contributed by atoms with Gasteiger partial charge in [-0.1, -0.05) is 6.07 Å². The van der Waals surface area contributed by atoms with Gasteiger partial charge >= 0.3 is 0 Å². The molecule has 0 radical (unpaired) electrons. The Morgan fingerprint density at radius 3 is 2.96 bits per heavy atom. The number of fused-ring (bicyclic) bond motifs is 1. The van der Waals surface area contributed by atoms with E-state index in [1.807, 2.05) is 30.5 Å². The highest BCUT2D eigenvalue weighted by molar-refractivity contribution is 5.49. The Morgan fingerprint density at radius 1 is 1.22 bits per heavy atom. The number of hydrogen-bond acceptors (Lipinski definition) is 4. The molecule has 0 spiro atoms. The quantitative estimate of drug-likeness (QED) is 0.772. The maximum atomic E-state index is 12.3. The first kappa shape index (κ1) is 13.9. The Balaban J connectivity index is 1.64. The Labute approximate surface area is 133 Å². The standard InChI is InChI=1S/C17H17N5O/c23-17-13-6-9-22(10-12-4-3-8-18-12)11-15(13)20-16(21-17)14-5-1-2-7-19-14/h1-5,7-8,18H,6,9-11H2,(H,20,21,23). The van der Waals surface area contributed by atoms with Crippen LogP contribution in [0.1, 0.15) is 17.0 Å². The fourth-order valence-corrected chi connectivity index (χ4v) is 2.96. The zero-order valence-corrected chi connectivity index (χ0v) is 12.6. The molecular weight excluding hydrogens is 290 g/mol. The van der Waals surface area contributed by atoms with Gasteiger partial charge in [-0.25, -0.2) is 4.98 Å². The van der Waals surface area contributed by atoms with Crippen molar-refractivity contribution in [2.24, 2.45) is 0 Å². The minimum atomic E-state index is -0.0461. The van der Waals surface area contributed by atoms with Crippen LogP contribution in [0, 0.1) is 0 Å². The summed E-state index contributed by atoms with van der Waals surface area (Å²) in [5, 5.41) is 0. The monoisotopic (exact) mass is 307 g/mol. The molecule has 3 aromatic heterocycles. The van der Waals surface area contributed by atoms with Crippen molar-refractivity contribution >= 4 is 0 Å². The summed E-state index contributed by atoms with van der Waals surface area (Å²) in [5.41, 5.74) is 3.46. The lowest BCUT2D eigenvalue weighted by Crippen LogP contribution is -2.35. The van der Waals surface area contributed by atoms with Crippen molar-refractivity contribution in [2.45, 2.75) is 19.5 Å². The maximum Gasteiger partial charge on any atom is 0.254 e. The van der Waals surface area contributed by atoms with Crippen LogP contribution in [0.4, 0.5) is 0 Å². The highest BCUT2D eigenvalue weighted by atomic mass is 16.1. The van der Waals surface area contributed by atoms with Gasteiger partial charge < -0.3 is 9.97 Å². The van der Waals surface area contributed by atoms with E-state index in [1.54, 1.807) is 6.20 Å². The van der Waals surface area contributed by atoms with Crippen LogP contribution >= 0.6 is 0 Å². The van der Waals surface area contributed by atoms with E-state index in [0.29, 0.717) is 18.1 Å². The van der Waals surface area contributed by atoms with E-state index in [-0.39, 0.29) is 5.56 Å². The molecule has 0 saturated heterocycles. The molecule has 23 heavy (non-hydrogen) atoms. The summed E-state index contributed by atoms with van der Waals surface area (Å²) in [5.74, 6) is 0.538. The molecule has 2 N–H and O–H groups in total. The predicted molar refractivity (Wildman–Crippen MR) is 86.7 cm³/mol. The molecule has 0 amide bonds. The molecule has 116 valence electrons. The van der Waals surface area contributed by atoms with E-state index in [9.17, 15) is 4.79 Å². The van der Waals surface area contributed by atoms with Gasteiger partial charge in [-0.15, -0.1) is 0 Å². The van der Waals surface area contributed by atoms with Crippen LogP contribution in [0.3, 0.4) is 0 Å². The van der Waals surface area contributed by atoms with Gasteiger partial charge in [0.05, 0.1) is 5.69 Å². The van der Waals surface area contributed by atoms with E-state index >= 15 is 0 Å². The van der Waals surface area contributed by atoms with Crippen LogP contribution in [0.25, 0.3) is 11.5 Å². The lowest BCUT2D eigenvalue weighted by atomic mass is 10.1. The zero-order chi connectivity index (χ0) is 15.6. The van der Waals surface area contributed by atoms with Gasteiger partial charge in [0.2, 0.25) is 0 Å². The van der Waals surface area contributed by atoms with E-state index in [0.717, 1.165) is 30.8 Å². The van der Waals surface area contributed by atoms with E-state index in [4.69, 9.17) is 0 Å². The van der Waals surface area contributed by atoms with Crippen LogP contribution in [0.15, 0.2) is 47.5 Å². The Kier molecular flexibility index (Phi) is 3.51. The Morgan fingerprint density at radius 2 is 2.17 bits per heavy atom. The molecule has 4 heterocycles. The molecule has 0 bridgehead atoms. The van der Waals surface area contributed by atoms with Crippen molar-refractivity contribution in [1.82, 2.24) is 24.8 Å². The molecule has 6 heteroatoms. The van der Waals surface area contributed by atoms with Gasteiger partial charge in [-0.2, -0.15) is 0 Å². The normalized spacial score (nSPS) is 14.6. The third kappa shape index (κ3) is 2.80. The number of aromatic amines is 2. The van der Waals surface area contributed by atoms with Gasteiger partial charge in [0.25, 0.3) is 5.56 Å². The van der Waals surface area contributed by atoms with Crippen LogP contribution < -0.4 is 5.56 Å². The minimum absolute atomic E-state index is 0.0461. The largest absolute Gasteiger partial charge is 0.364 e. The van der Waals surface area contributed by atoms with Crippen LogP contribution in [0.5, 0.6) is 0 Å². The Hall–Kier alpha value is -2.73. The first-order chi connectivity index (χ1) is 11.3. The van der Waals surface area contributed by atoms with Crippen molar-refractivity contribution in [1.29, 1.82) is 0 Å². The van der Waals surface area contributed by atoms with Crippen molar-refractivity contribution in [3.8, 4) is 11.5 Å². The molecule has 3 aromatic rings. The molecule has 0 aromatic carbocycles. The summed E-state index contributed by atoms with van der Waals surface area (Å²) in [6.07, 6.45) is 4.35. The average molecular weight is 307 g/mol. The van der Waals surface area contributed by atoms with Crippen molar-refractivity contribution in [3.63, 3.8) is 0 Å². The molecule has 0 atom stereocenters. The lowest BCUT2D eigenvalue weighted by Gasteiger charge is -2.27. The van der Waals surface area contributed by atoms with Gasteiger partial charge in [-0.05, 0) is 30.7 Å². The Bertz CT molecular complexity index is 854. The summed E-state index contributed by atoms with van der Waals surface area (Å²) < 4.78 is 0. The summed E-state index contributed by atoms with van der Waals surface area (Å²) in [7, 11) is 0. The molecular formula is C17H17N5O. The van der Waals surface area contributed by atoms with Crippen molar-refractivity contribution in [2.75, 3.05) is 6.54 Å². The summed E-state index contributed by atoms with van der Waals surface area (Å²) in [6.45, 7) is 2.37. The fourth-order valence-electron chi connectivity index (χ4n) is 2.96. The number of rotatable bonds is 3. The minimum Gasteiger partial charge on any atom is -0.364 e. The molecule has 1 aliphatic rings. The SMILES string of the molecule is O=c1[nH]c(-c2ccccn2)nc2c1CCN(Cc1ccc[nH]1)C2. The van der Waals surface area contributed by atoms with Crippen LogP contribution in [-0.4, -0.2) is 31.4 Å².